The van der Waals surface area contributed by atoms with Crippen molar-refractivity contribution >= 4 is 20.9 Å². The first-order valence-electron chi connectivity index (χ1n) is 12.7. The summed E-state index contributed by atoms with van der Waals surface area (Å²) in [6, 6.07) is 0. The molecule has 0 aromatic carbocycles. The lowest BCUT2D eigenvalue weighted by molar-refractivity contribution is 0.122. The number of piperidine rings is 1. The van der Waals surface area contributed by atoms with E-state index in [0.29, 0.717) is 43.6 Å². The first-order chi connectivity index (χ1) is 16.2. The Morgan fingerprint density at radius 1 is 1.12 bits per heavy atom. The molecule has 1 N–H and O–H groups in total. The zero-order valence-electron chi connectivity index (χ0n) is 20.6. The van der Waals surface area contributed by atoms with Crippen LogP contribution in [-0.2, 0) is 16.4 Å². The van der Waals surface area contributed by atoms with Gasteiger partial charge in [0.15, 0.2) is 0 Å². The molecule has 0 spiro atoms. The fraction of sp³-hybridized carbons (Fsp3) is 0.720. The SMILES string of the molecule is CCCC(C)Cc1ncc2c(OC3CCN(S(C)(=O)=O)CC3)ncc(C3CCC(O)CC3)c2n1. The Labute approximate surface area is 203 Å². The van der Waals surface area contributed by atoms with Gasteiger partial charge in [-0.2, -0.15) is 0 Å². The maximum atomic E-state index is 11.8. The highest BCUT2D eigenvalue weighted by Crippen LogP contribution is 2.38. The van der Waals surface area contributed by atoms with Crippen LogP contribution in [0.15, 0.2) is 12.4 Å². The lowest BCUT2D eigenvalue weighted by Crippen LogP contribution is -2.41. The molecule has 1 aliphatic heterocycles. The summed E-state index contributed by atoms with van der Waals surface area (Å²) >= 11 is 0. The summed E-state index contributed by atoms with van der Waals surface area (Å²) in [5.41, 5.74) is 2.03. The van der Waals surface area contributed by atoms with Crippen LogP contribution in [0.2, 0.25) is 0 Å². The van der Waals surface area contributed by atoms with E-state index in [9.17, 15) is 13.5 Å². The number of fused-ring (bicyclic) bond motifs is 1. The molecule has 0 radical (unpaired) electrons. The number of aliphatic hydroxyl groups is 1. The number of nitrogens with zero attached hydrogens (tertiary/aromatic N) is 4. The highest BCUT2D eigenvalue weighted by molar-refractivity contribution is 7.88. The van der Waals surface area contributed by atoms with Gasteiger partial charge >= 0.3 is 0 Å². The molecule has 1 saturated heterocycles. The van der Waals surface area contributed by atoms with E-state index in [0.717, 1.165) is 67.2 Å². The number of rotatable bonds is 8. The first kappa shape index (κ1) is 25.3. The van der Waals surface area contributed by atoms with Crippen LogP contribution in [0.5, 0.6) is 5.88 Å². The lowest BCUT2D eigenvalue weighted by Gasteiger charge is -2.30. The molecule has 8 nitrogen and oxygen atoms in total. The molecule has 188 valence electrons. The zero-order valence-corrected chi connectivity index (χ0v) is 21.4. The summed E-state index contributed by atoms with van der Waals surface area (Å²) in [6.07, 6.45) is 12.5. The van der Waals surface area contributed by atoms with Crippen molar-refractivity contribution in [2.24, 2.45) is 5.92 Å². The fourth-order valence-electron chi connectivity index (χ4n) is 5.28. The molecule has 0 bridgehead atoms. The summed E-state index contributed by atoms with van der Waals surface area (Å²) in [4.78, 5) is 14.4. The van der Waals surface area contributed by atoms with Crippen molar-refractivity contribution in [3.05, 3.63) is 23.8 Å². The van der Waals surface area contributed by atoms with E-state index >= 15 is 0 Å². The van der Waals surface area contributed by atoms with Crippen molar-refractivity contribution in [3.8, 4) is 5.88 Å². The third-order valence-corrected chi connectivity index (χ3v) is 8.56. The zero-order chi connectivity index (χ0) is 24.3. The van der Waals surface area contributed by atoms with Gasteiger partial charge < -0.3 is 9.84 Å². The summed E-state index contributed by atoms with van der Waals surface area (Å²) in [5, 5.41) is 10.8. The molecule has 2 fully saturated rings. The first-order valence-corrected chi connectivity index (χ1v) is 14.5. The van der Waals surface area contributed by atoms with E-state index in [1.54, 1.807) is 0 Å². The van der Waals surface area contributed by atoms with Crippen LogP contribution in [0.25, 0.3) is 10.9 Å². The van der Waals surface area contributed by atoms with Crippen LogP contribution >= 0.6 is 0 Å². The summed E-state index contributed by atoms with van der Waals surface area (Å²) < 4.78 is 31.4. The second-order valence-corrected chi connectivity index (χ2v) is 12.1. The monoisotopic (exact) mass is 490 g/mol. The molecule has 1 atom stereocenters. The van der Waals surface area contributed by atoms with E-state index in [1.807, 2.05) is 12.4 Å². The fourth-order valence-corrected chi connectivity index (χ4v) is 6.15. The summed E-state index contributed by atoms with van der Waals surface area (Å²) in [6.45, 7) is 5.35. The Bertz CT molecular complexity index is 1080. The summed E-state index contributed by atoms with van der Waals surface area (Å²) in [7, 11) is -3.17. The van der Waals surface area contributed by atoms with Crippen molar-refractivity contribution in [1.82, 2.24) is 19.3 Å². The van der Waals surface area contributed by atoms with Crippen LogP contribution < -0.4 is 4.74 Å². The van der Waals surface area contributed by atoms with E-state index < -0.39 is 10.0 Å². The minimum atomic E-state index is -3.17. The Morgan fingerprint density at radius 2 is 1.82 bits per heavy atom. The van der Waals surface area contributed by atoms with Gasteiger partial charge in [0.1, 0.15) is 11.9 Å². The Morgan fingerprint density at radius 3 is 2.47 bits per heavy atom. The molecule has 34 heavy (non-hydrogen) atoms. The predicted molar refractivity (Wildman–Crippen MR) is 132 cm³/mol. The second-order valence-electron chi connectivity index (χ2n) is 10.1. The van der Waals surface area contributed by atoms with Crippen molar-refractivity contribution in [2.75, 3.05) is 19.3 Å². The minimum absolute atomic E-state index is 0.0892. The smallest absolute Gasteiger partial charge is 0.224 e. The van der Waals surface area contributed by atoms with Crippen LogP contribution in [-0.4, -0.2) is 64.3 Å². The lowest BCUT2D eigenvalue weighted by atomic mass is 9.82. The van der Waals surface area contributed by atoms with Crippen molar-refractivity contribution in [1.29, 1.82) is 0 Å². The Kier molecular flexibility index (Phi) is 8.05. The average Bonchev–Trinajstić information content (AvgIpc) is 2.80. The number of ether oxygens (including phenoxy) is 1. The molecule has 0 amide bonds. The molecule has 2 aliphatic rings. The van der Waals surface area contributed by atoms with Crippen LogP contribution in [0.1, 0.15) is 82.5 Å². The number of sulfonamides is 1. The topological polar surface area (TPSA) is 106 Å². The Balaban J connectivity index is 1.61. The third-order valence-electron chi connectivity index (χ3n) is 7.26. The van der Waals surface area contributed by atoms with Gasteiger partial charge in [0.05, 0.1) is 23.3 Å². The average molecular weight is 491 g/mol. The van der Waals surface area contributed by atoms with Crippen molar-refractivity contribution in [3.63, 3.8) is 0 Å². The normalized spacial score (nSPS) is 23.8. The second kappa shape index (κ2) is 10.8. The molecule has 3 heterocycles. The van der Waals surface area contributed by atoms with Gasteiger partial charge in [-0.1, -0.05) is 26.7 Å². The van der Waals surface area contributed by atoms with Crippen molar-refractivity contribution < 1.29 is 18.3 Å². The van der Waals surface area contributed by atoms with Gasteiger partial charge in [0.2, 0.25) is 15.9 Å². The van der Waals surface area contributed by atoms with Gasteiger partial charge in [-0.05, 0) is 50.4 Å². The van der Waals surface area contributed by atoms with E-state index in [4.69, 9.17) is 9.72 Å². The van der Waals surface area contributed by atoms with Gasteiger partial charge in [-0.3, -0.25) is 0 Å². The highest BCUT2D eigenvalue weighted by Gasteiger charge is 2.28. The molecule has 1 saturated carbocycles. The molecular weight excluding hydrogens is 452 g/mol. The number of hydrogen-bond acceptors (Lipinski definition) is 7. The van der Waals surface area contributed by atoms with Gasteiger partial charge in [-0.25, -0.2) is 27.7 Å². The van der Waals surface area contributed by atoms with Gasteiger partial charge in [0.25, 0.3) is 0 Å². The van der Waals surface area contributed by atoms with Crippen LogP contribution in [0, 0.1) is 5.92 Å². The number of aliphatic hydroxyl groups excluding tert-OH is 1. The van der Waals surface area contributed by atoms with Gasteiger partial charge in [-0.15, -0.1) is 0 Å². The third kappa shape index (κ3) is 6.04. The van der Waals surface area contributed by atoms with E-state index in [-0.39, 0.29) is 12.2 Å². The van der Waals surface area contributed by atoms with Crippen LogP contribution in [0.4, 0.5) is 0 Å². The molecule has 2 aromatic rings. The molecule has 2 aromatic heterocycles. The maximum absolute atomic E-state index is 11.8. The van der Waals surface area contributed by atoms with Crippen molar-refractivity contribution in [2.45, 2.75) is 89.8 Å². The molecule has 9 heteroatoms. The number of pyridine rings is 1. The molecule has 4 rings (SSSR count). The maximum Gasteiger partial charge on any atom is 0.224 e. The predicted octanol–water partition coefficient (Wildman–Crippen LogP) is 3.82. The number of hydrogen-bond donors (Lipinski definition) is 1. The number of aromatic nitrogens is 3. The molecule has 1 unspecified atom stereocenters. The quantitative estimate of drug-likeness (QED) is 0.599. The summed E-state index contributed by atoms with van der Waals surface area (Å²) in [5.74, 6) is 2.22. The molecular formula is C25H38N4O4S. The standard InChI is InChI=1S/C25H38N4O4S/c1-4-5-17(2)14-23-26-16-22-24(28-23)21(18-6-8-19(30)9-7-18)15-27-25(22)33-20-10-12-29(13-11-20)34(3,31)32/h15-20,30H,4-14H2,1-3H3. The highest BCUT2D eigenvalue weighted by atomic mass is 32.2. The largest absolute Gasteiger partial charge is 0.474 e. The molecule has 1 aliphatic carbocycles. The van der Waals surface area contributed by atoms with Crippen LogP contribution in [0.3, 0.4) is 0 Å². The van der Waals surface area contributed by atoms with Gasteiger partial charge in [0, 0.05) is 37.5 Å². The van der Waals surface area contributed by atoms with E-state index in [1.165, 1.54) is 10.6 Å². The van der Waals surface area contributed by atoms with E-state index in [2.05, 4.69) is 23.8 Å². The minimum Gasteiger partial charge on any atom is -0.474 e. The Hall–Kier alpha value is -1.84.